The minimum atomic E-state index is 1.04. The molecule has 0 fully saturated rings. The van der Waals surface area contributed by atoms with Gasteiger partial charge >= 0.3 is 0 Å². The van der Waals surface area contributed by atoms with Crippen molar-refractivity contribution in [2.45, 2.75) is 40.5 Å². The molecule has 0 spiro atoms. The standard InChI is InChI=1S/C10H19N/c1-6-8(3)9(4)10(7-2)11-5/h6-7H2,1-5H3. The van der Waals surface area contributed by atoms with E-state index in [0.717, 1.165) is 12.8 Å². The Morgan fingerprint density at radius 2 is 1.64 bits per heavy atom. The Morgan fingerprint density at radius 1 is 1.09 bits per heavy atom. The Labute approximate surface area is 70.2 Å². The molecule has 0 aromatic carbocycles. The summed E-state index contributed by atoms with van der Waals surface area (Å²) in [5.41, 5.74) is 4.06. The summed E-state index contributed by atoms with van der Waals surface area (Å²) in [6.45, 7) is 8.66. The van der Waals surface area contributed by atoms with Crippen LogP contribution in [0.2, 0.25) is 0 Å². The number of hydrogen-bond acceptors (Lipinski definition) is 1. The van der Waals surface area contributed by atoms with Crippen LogP contribution in [0, 0.1) is 0 Å². The highest BCUT2D eigenvalue weighted by molar-refractivity contribution is 5.99. The van der Waals surface area contributed by atoms with Crippen LogP contribution in [0.15, 0.2) is 16.1 Å². The molecule has 0 aliphatic carbocycles. The predicted octanol–water partition coefficient (Wildman–Crippen LogP) is 3.21. The van der Waals surface area contributed by atoms with Crippen molar-refractivity contribution in [3.05, 3.63) is 11.1 Å². The molecule has 0 heterocycles. The van der Waals surface area contributed by atoms with Gasteiger partial charge in [0.15, 0.2) is 0 Å². The van der Waals surface area contributed by atoms with Gasteiger partial charge in [-0.15, -0.1) is 0 Å². The molecule has 0 bridgehead atoms. The van der Waals surface area contributed by atoms with Gasteiger partial charge in [-0.05, 0) is 32.3 Å². The molecular weight excluding hydrogens is 134 g/mol. The van der Waals surface area contributed by atoms with E-state index in [2.05, 4.69) is 32.7 Å². The summed E-state index contributed by atoms with van der Waals surface area (Å²) in [6.07, 6.45) is 2.17. The minimum absolute atomic E-state index is 1.04. The van der Waals surface area contributed by atoms with Crippen LogP contribution in [0.25, 0.3) is 0 Å². The quantitative estimate of drug-likeness (QED) is 0.552. The first-order valence-electron chi connectivity index (χ1n) is 4.29. The van der Waals surface area contributed by atoms with Crippen LogP contribution < -0.4 is 0 Å². The van der Waals surface area contributed by atoms with Crippen molar-refractivity contribution in [2.75, 3.05) is 7.05 Å². The maximum atomic E-state index is 4.23. The molecule has 64 valence electrons. The molecule has 0 radical (unpaired) electrons. The summed E-state index contributed by atoms with van der Waals surface area (Å²) < 4.78 is 0. The fourth-order valence-corrected chi connectivity index (χ4v) is 1.10. The molecule has 0 amide bonds. The fraction of sp³-hybridized carbons (Fsp3) is 0.700. The number of hydrogen-bond donors (Lipinski definition) is 0. The smallest absolute Gasteiger partial charge is 0.0370 e. The van der Waals surface area contributed by atoms with Gasteiger partial charge in [0, 0.05) is 12.8 Å². The van der Waals surface area contributed by atoms with Crippen molar-refractivity contribution in [1.82, 2.24) is 0 Å². The molecular formula is C10H19N. The molecule has 0 aromatic rings. The van der Waals surface area contributed by atoms with E-state index in [4.69, 9.17) is 0 Å². The van der Waals surface area contributed by atoms with Gasteiger partial charge in [0.2, 0.25) is 0 Å². The van der Waals surface area contributed by atoms with Gasteiger partial charge in [-0.3, -0.25) is 4.99 Å². The number of nitrogens with zero attached hydrogens (tertiary/aromatic N) is 1. The molecule has 0 unspecified atom stereocenters. The highest BCUT2D eigenvalue weighted by Gasteiger charge is 2.00. The summed E-state index contributed by atoms with van der Waals surface area (Å²) >= 11 is 0. The highest BCUT2D eigenvalue weighted by atomic mass is 14.7. The lowest BCUT2D eigenvalue weighted by atomic mass is 10.0. The molecule has 1 nitrogen and oxygen atoms in total. The van der Waals surface area contributed by atoms with Crippen molar-refractivity contribution < 1.29 is 0 Å². The third-order valence-electron chi connectivity index (χ3n) is 2.21. The summed E-state index contributed by atoms with van der Waals surface area (Å²) in [6, 6.07) is 0. The third-order valence-corrected chi connectivity index (χ3v) is 2.21. The predicted molar refractivity (Wildman–Crippen MR) is 52.3 cm³/mol. The molecule has 0 aromatic heterocycles. The first-order chi connectivity index (χ1) is 5.17. The highest BCUT2D eigenvalue weighted by Crippen LogP contribution is 2.10. The van der Waals surface area contributed by atoms with Crippen LogP contribution in [0.5, 0.6) is 0 Å². The van der Waals surface area contributed by atoms with Crippen LogP contribution >= 0.6 is 0 Å². The zero-order valence-electron chi connectivity index (χ0n) is 8.36. The molecule has 1 heteroatoms. The van der Waals surface area contributed by atoms with E-state index in [1.165, 1.54) is 16.9 Å². The molecule has 0 aliphatic rings. The lowest BCUT2D eigenvalue weighted by molar-refractivity contribution is 1.07. The van der Waals surface area contributed by atoms with Crippen molar-refractivity contribution in [1.29, 1.82) is 0 Å². The summed E-state index contributed by atoms with van der Waals surface area (Å²) in [5.74, 6) is 0. The Balaban J connectivity index is 4.57. The number of aliphatic imine (C=N–C) groups is 1. The van der Waals surface area contributed by atoms with E-state index in [1.807, 2.05) is 7.05 Å². The van der Waals surface area contributed by atoms with E-state index in [9.17, 15) is 0 Å². The lowest BCUT2D eigenvalue weighted by Gasteiger charge is -2.06. The number of allylic oxidation sites excluding steroid dienone is 2. The van der Waals surface area contributed by atoms with Gasteiger partial charge in [0.05, 0.1) is 0 Å². The Kier molecular flexibility index (Phi) is 4.84. The summed E-state index contributed by atoms with van der Waals surface area (Å²) in [4.78, 5) is 4.23. The molecule has 0 atom stereocenters. The molecule has 0 saturated carbocycles. The van der Waals surface area contributed by atoms with Crippen LogP contribution in [0.1, 0.15) is 40.5 Å². The van der Waals surface area contributed by atoms with Crippen LogP contribution in [-0.2, 0) is 0 Å². The Hall–Kier alpha value is -0.590. The van der Waals surface area contributed by atoms with E-state index < -0.39 is 0 Å². The van der Waals surface area contributed by atoms with Crippen LogP contribution in [0.4, 0.5) is 0 Å². The van der Waals surface area contributed by atoms with Gasteiger partial charge in [-0.2, -0.15) is 0 Å². The maximum Gasteiger partial charge on any atom is 0.0370 e. The summed E-state index contributed by atoms with van der Waals surface area (Å²) in [5, 5.41) is 0. The second kappa shape index (κ2) is 5.11. The second-order valence-corrected chi connectivity index (χ2v) is 2.78. The number of rotatable bonds is 3. The van der Waals surface area contributed by atoms with Crippen molar-refractivity contribution >= 4 is 5.71 Å². The van der Waals surface area contributed by atoms with E-state index in [-0.39, 0.29) is 0 Å². The average molecular weight is 153 g/mol. The molecule has 11 heavy (non-hydrogen) atoms. The van der Waals surface area contributed by atoms with Gasteiger partial charge in [0.25, 0.3) is 0 Å². The normalized spacial score (nSPS) is 14.8. The third kappa shape index (κ3) is 2.87. The minimum Gasteiger partial charge on any atom is -0.293 e. The Bertz CT molecular complexity index is 175. The molecule has 0 rings (SSSR count). The van der Waals surface area contributed by atoms with Gasteiger partial charge in [-0.1, -0.05) is 19.4 Å². The van der Waals surface area contributed by atoms with Gasteiger partial charge in [0.1, 0.15) is 0 Å². The maximum absolute atomic E-state index is 4.23. The molecule has 0 aliphatic heterocycles. The van der Waals surface area contributed by atoms with Crippen LogP contribution in [-0.4, -0.2) is 12.8 Å². The van der Waals surface area contributed by atoms with Crippen molar-refractivity contribution in [3.8, 4) is 0 Å². The first kappa shape index (κ1) is 10.4. The fourth-order valence-electron chi connectivity index (χ4n) is 1.10. The molecule has 0 saturated heterocycles. The van der Waals surface area contributed by atoms with Crippen molar-refractivity contribution in [3.63, 3.8) is 0 Å². The van der Waals surface area contributed by atoms with E-state index >= 15 is 0 Å². The van der Waals surface area contributed by atoms with Gasteiger partial charge in [-0.25, -0.2) is 0 Å². The second-order valence-electron chi connectivity index (χ2n) is 2.78. The van der Waals surface area contributed by atoms with Crippen molar-refractivity contribution in [2.24, 2.45) is 4.99 Å². The average Bonchev–Trinajstić information content (AvgIpc) is 2.05. The van der Waals surface area contributed by atoms with E-state index in [0.29, 0.717) is 0 Å². The van der Waals surface area contributed by atoms with Crippen LogP contribution in [0.3, 0.4) is 0 Å². The van der Waals surface area contributed by atoms with E-state index in [1.54, 1.807) is 0 Å². The topological polar surface area (TPSA) is 12.4 Å². The zero-order valence-corrected chi connectivity index (χ0v) is 8.36. The summed E-state index contributed by atoms with van der Waals surface area (Å²) in [7, 11) is 1.87. The zero-order chi connectivity index (χ0) is 8.85. The largest absolute Gasteiger partial charge is 0.293 e. The Morgan fingerprint density at radius 3 is 1.91 bits per heavy atom. The van der Waals surface area contributed by atoms with Gasteiger partial charge < -0.3 is 0 Å². The first-order valence-corrected chi connectivity index (χ1v) is 4.29. The lowest BCUT2D eigenvalue weighted by Crippen LogP contribution is -2.00. The monoisotopic (exact) mass is 153 g/mol. The molecule has 0 N–H and O–H groups in total. The SMILES string of the molecule is CCC(=NC)C(C)=C(C)CC.